The van der Waals surface area contributed by atoms with Gasteiger partial charge in [0.25, 0.3) is 0 Å². The van der Waals surface area contributed by atoms with Crippen molar-refractivity contribution in [1.82, 2.24) is 15.1 Å². The van der Waals surface area contributed by atoms with Gasteiger partial charge in [0, 0.05) is 48.1 Å². The number of aryl methyl sites for hydroxylation is 1. The van der Waals surface area contributed by atoms with Crippen LogP contribution in [0.1, 0.15) is 54.7 Å². The minimum absolute atomic E-state index is 0.291. The largest absolute Gasteiger partial charge is 0.356 e. The maximum absolute atomic E-state index is 13.3. The van der Waals surface area contributed by atoms with E-state index in [2.05, 4.69) is 21.1 Å². The van der Waals surface area contributed by atoms with E-state index in [9.17, 15) is 4.39 Å². The number of benzene rings is 1. The van der Waals surface area contributed by atoms with E-state index in [0.29, 0.717) is 17.4 Å². The van der Waals surface area contributed by atoms with Crippen molar-refractivity contribution in [3.05, 3.63) is 47.3 Å². The van der Waals surface area contributed by atoms with Gasteiger partial charge in [-0.05, 0) is 44.7 Å². The number of aromatic nitrogens is 3. The molecule has 0 N–H and O–H groups in total. The number of piperidine rings is 1. The molecule has 0 spiro atoms. The topological polar surface area (TPSA) is 55.1 Å². The summed E-state index contributed by atoms with van der Waals surface area (Å²) in [7, 11) is 0. The second kappa shape index (κ2) is 6.04. The molecule has 1 aliphatic carbocycles. The SMILES string of the molecule is Cc1cc(N2CCC(c3noc4cc(F)ccc34)CC2)nc(C2CC2)n1. The van der Waals surface area contributed by atoms with Gasteiger partial charge >= 0.3 is 0 Å². The molecule has 3 heterocycles. The molecule has 1 aromatic carbocycles. The Kier molecular flexibility index (Phi) is 3.65. The molecular formula is C20H21FN4O. The average Bonchev–Trinajstić information content (AvgIpc) is 3.42. The summed E-state index contributed by atoms with van der Waals surface area (Å²) in [5.41, 5.74) is 2.53. The first-order chi connectivity index (χ1) is 12.7. The Labute approximate surface area is 151 Å². The quantitative estimate of drug-likeness (QED) is 0.702. The van der Waals surface area contributed by atoms with Gasteiger partial charge in [0.1, 0.15) is 17.5 Å². The Hall–Kier alpha value is -2.50. The van der Waals surface area contributed by atoms with E-state index in [1.807, 2.05) is 6.92 Å². The maximum Gasteiger partial charge on any atom is 0.170 e. The van der Waals surface area contributed by atoms with E-state index in [1.54, 1.807) is 6.07 Å². The zero-order valence-electron chi connectivity index (χ0n) is 14.8. The molecule has 0 atom stereocenters. The van der Waals surface area contributed by atoms with E-state index in [-0.39, 0.29) is 5.82 Å². The van der Waals surface area contributed by atoms with E-state index in [0.717, 1.165) is 54.3 Å². The molecule has 1 saturated carbocycles. The highest BCUT2D eigenvalue weighted by Gasteiger charge is 2.29. The molecule has 6 heteroatoms. The van der Waals surface area contributed by atoms with Crippen molar-refractivity contribution >= 4 is 16.8 Å². The molecular weight excluding hydrogens is 331 g/mol. The molecule has 5 rings (SSSR count). The van der Waals surface area contributed by atoms with Crippen LogP contribution in [0.15, 0.2) is 28.8 Å². The molecule has 5 nitrogen and oxygen atoms in total. The maximum atomic E-state index is 13.3. The molecule has 0 radical (unpaired) electrons. The summed E-state index contributed by atoms with van der Waals surface area (Å²) < 4.78 is 18.7. The normalized spacial score (nSPS) is 18.6. The summed E-state index contributed by atoms with van der Waals surface area (Å²) in [5.74, 6) is 2.66. The minimum Gasteiger partial charge on any atom is -0.356 e. The number of hydrogen-bond acceptors (Lipinski definition) is 5. The Bertz CT molecular complexity index is 958. The van der Waals surface area contributed by atoms with Gasteiger partial charge in [0.15, 0.2) is 5.58 Å². The standard InChI is InChI=1S/C20H21FN4O/c1-12-10-18(23-20(22-12)14-2-3-14)25-8-6-13(7-9-25)19-16-5-4-15(21)11-17(16)26-24-19/h4-5,10-11,13-14H,2-3,6-9H2,1H3. The van der Waals surface area contributed by atoms with Gasteiger partial charge in [-0.3, -0.25) is 0 Å². The number of rotatable bonds is 3. The highest BCUT2D eigenvalue weighted by Crippen LogP contribution is 2.39. The van der Waals surface area contributed by atoms with Crippen molar-refractivity contribution in [3.8, 4) is 0 Å². The molecule has 26 heavy (non-hydrogen) atoms. The lowest BCUT2D eigenvalue weighted by Crippen LogP contribution is -2.34. The minimum atomic E-state index is -0.291. The van der Waals surface area contributed by atoms with Crippen LogP contribution in [-0.4, -0.2) is 28.2 Å². The highest BCUT2D eigenvalue weighted by atomic mass is 19.1. The predicted octanol–water partition coefficient (Wildman–Crippen LogP) is 4.33. The van der Waals surface area contributed by atoms with Crippen LogP contribution in [0.3, 0.4) is 0 Å². The first-order valence-corrected chi connectivity index (χ1v) is 9.33. The van der Waals surface area contributed by atoms with Gasteiger partial charge in [0.05, 0.1) is 5.69 Å². The number of nitrogens with zero attached hydrogens (tertiary/aromatic N) is 4. The van der Waals surface area contributed by atoms with Crippen LogP contribution in [-0.2, 0) is 0 Å². The number of anilines is 1. The second-order valence-electron chi connectivity index (χ2n) is 7.47. The third-order valence-corrected chi connectivity index (χ3v) is 5.47. The average molecular weight is 352 g/mol. The molecule has 2 aliphatic rings. The molecule has 0 unspecified atom stereocenters. The Morgan fingerprint density at radius 3 is 2.62 bits per heavy atom. The monoisotopic (exact) mass is 352 g/mol. The van der Waals surface area contributed by atoms with Crippen molar-refractivity contribution in [2.24, 2.45) is 0 Å². The third-order valence-electron chi connectivity index (χ3n) is 5.47. The summed E-state index contributed by atoms with van der Waals surface area (Å²) >= 11 is 0. The first kappa shape index (κ1) is 15.7. The Morgan fingerprint density at radius 1 is 1.04 bits per heavy atom. The van der Waals surface area contributed by atoms with Crippen LogP contribution in [0.4, 0.5) is 10.2 Å². The summed E-state index contributed by atoms with van der Waals surface area (Å²) in [4.78, 5) is 11.7. The fourth-order valence-electron chi connectivity index (χ4n) is 3.87. The van der Waals surface area contributed by atoms with E-state index in [4.69, 9.17) is 9.51 Å². The molecule has 2 aromatic heterocycles. The van der Waals surface area contributed by atoms with Gasteiger partial charge in [-0.1, -0.05) is 5.16 Å². The molecule has 0 amide bonds. The van der Waals surface area contributed by atoms with Gasteiger partial charge in [0.2, 0.25) is 0 Å². The summed E-state index contributed by atoms with van der Waals surface area (Å²) in [6.45, 7) is 3.91. The first-order valence-electron chi connectivity index (χ1n) is 9.33. The smallest absolute Gasteiger partial charge is 0.170 e. The molecule has 0 bridgehead atoms. The second-order valence-corrected chi connectivity index (χ2v) is 7.47. The molecule has 134 valence electrons. The molecule has 2 fully saturated rings. The van der Waals surface area contributed by atoms with Crippen LogP contribution >= 0.6 is 0 Å². The van der Waals surface area contributed by atoms with Crippen molar-refractivity contribution in [1.29, 1.82) is 0 Å². The van der Waals surface area contributed by atoms with Gasteiger partial charge in [-0.25, -0.2) is 14.4 Å². The van der Waals surface area contributed by atoms with Crippen molar-refractivity contribution in [3.63, 3.8) is 0 Å². The lowest BCUT2D eigenvalue weighted by molar-refractivity contribution is 0.415. The van der Waals surface area contributed by atoms with E-state index < -0.39 is 0 Å². The number of halogens is 1. The Balaban J connectivity index is 1.34. The fraction of sp³-hybridized carbons (Fsp3) is 0.450. The molecule has 3 aromatic rings. The van der Waals surface area contributed by atoms with E-state index in [1.165, 1.54) is 25.0 Å². The van der Waals surface area contributed by atoms with Crippen LogP contribution in [0.5, 0.6) is 0 Å². The summed E-state index contributed by atoms with van der Waals surface area (Å²) in [6, 6.07) is 6.74. The molecule has 1 aliphatic heterocycles. The van der Waals surface area contributed by atoms with Gasteiger partial charge < -0.3 is 9.42 Å². The molecule has 1 saturated heterocycles. The van der Waals surface area contributed by atoms with Crippen molar-refractivity contribution in [2.45, 2.75) is 44.4 Å². The van der Waals surface area contributed by atoms with Crippen molar-refractivity contribution in [2.75, 3.05) is 18.0 Å². The van der Waals surface area contributed by atoms with Crippen LogP contribution in [0, 0.1) is 12.7 Å². The van der Waals surface area contributed by atoms with Gasteiger partial charge in [-0.2, -0.15) is 0 Å². The summed E-state index contributed by atoms with van der Waals surface area (Å²) in [6.07, 6.45) is 4.40. The predicted molar refractivity (Wildman–Crippen MR) is 96.9 cm³/mol. The number of fused-ring (bicyclic) bond motifs is 1. The van der Waals surface area contributed by atoms with E-state index >= 15 is 0 Å². The third kappa shape index (κ3) is 2.83. The number of hydrogen-bond donors (Lipinski definition) is 0. The lowest BCUT2D eigenvalue weighted by atomic mass is 9.91. The van der Waals surface area contributed by atoms with Crippen LogP contribution < -0.4 is 4.90 Å². The summed E-state index contributed by atoms with van der Waals surface area (Å²) in [5, 5.41) is 5.16. The lowest BCUT2D eigenvalue weighted by Gasteiger charge is -2.32. The van der Waals surface area contributed by atoms with Gasteiger partial charge in [-0.15, -0.1) is 0 Å². The van der Waals surface area contributed by atoms with Crippen LogP contribution in [0.2, 0.25) is 0 Å². The zero-order chi connectivity index (χ0) is 17.7. The Morgan fingerprint density at radius 2 is 1.85 bits per heavy atom. The fourth-order valence-corrected chi connectivity index (χ4v) is 3.87. The zero-order valence-corrected chi connectivity index (χ0v) is 14.8. The van der Waals surface area contributed by atoms with Crippen molar-refractivity contribution < 1.29 is 8.91 Å². The van der Waals surface area contributed by atoms with Crippen LogP contribution in [0.25, 0.3) is 11.0 Å². The highest BCUT2D eigenvalue weighted by molar-refractivity contribution is 5.80.